The molecule has 0 aliphatic carbocycles. The highest BCUT2D eigenvalue weighted by Gasteiger charge is 2.26. The van der Waals surface area contributed by atoms with Crippen molar-refractivity contribution < 1.29 is 14.5 Å². The molecule has 0 unspecified atom stereocenters. The largest absolute Gasteiger partial charge is 0.402 e. The molecule has 0 fully saturated rings. The lowest BCUT2D eigenvalue weighted by atomic mass is 10.0. The Morgan fingerprint density at radius 3 is 2.67 bits per heavy atom. The number of benzene rings is 3. The molecule has 0 amide bonds. The molecule has 0 radical (unpaired) electrons. The molecule has 0 atom stereocenters. The highest BCUT2D eigenvalue weighted by molar-refractivity contribution is 6.13. The Labute approximate surface area is 154 Å². The van der Waals surface area contributed by atoms with Gasteiger partial charge in [-0.05, 0) is 35.4 Å². The molecule has 1 aliphatic rings. The zero-order valence-electron chi connectivity index (χ0n) is 14.4. The quantitative estimate of drug-likeness (QED) is 0.301. The Bertz CT molecular complexity index is 1160. The summed E-state index contributed by atoms with van der Waals surface area (Å²) in [4.78, 5) is 27.2. The Kier molecular flexibility index (Phi) is 4.01. The van der Waals surface area contributed by atoms with Crippen LogP contribution in [0.2, 0.25) is 0 Å². The highest BCUT2D eigenvalue weighted by Crippen LogP contribution is 2.26. The average molecular weight is 358 g/mol. The van der Waals surface area contributed by atoms with E-state index < -0.39 is 10.9 Å². The SMILES string of the molecule is Cc1ccc(C2=NC(=Cc3cccc4ccccc34)C(=O)O2)cc1[N+](=O)[O-]. The van der Waals surface area contributed by atoms with E-state index in [4.69, 9.17) is 4.74 Å². The van der Waals surface area contributed by atoms with Crippen molar-refractivity contribution in [1.29, 1.82) is 0 Å². The van der Waals surface area contributed by atoms with Gasteiger partial charge in [0.05, 0.1) is 4.92 Å². The molecule has 6 nitrogen and oxygen atoms in total. The molecule has 1 aliphatic heterocycles. The van der Waals surface area contributed by atoms with E-state index in [1.807, 2.05) is 42.5 Å². The van der Waals surface area contributed by atoms with Crippen LogP contribution in [0.25, 0.3) is 16.8 Å². The van der Waals surface area contributed by atoms with Crippen molar-refractivity contribution >= 4 is 34.4 Å². The molecule has 0 saturated heterocycles. The van der Waals surface area contributed by atoms with E-state index in [-0.39, 0.29) is 17.3 Å². The van der Waals surface area contributed by atoms with E-state index in [0.29, 0.717) is 11.1 Å². The number of hydrogen-bond donors (Lipinski definition) is 0. The van der Waals surface area contributed by atoms with Gasteiger partial charge in [-0.15, -0.1) is 0 Å². The molecular weight excluding hydrogens is 344 g/mol. The van der Waals surface area contributed by atoms with E-state index in [9.17, 15) is 14.9 Å². The number of ether oxygens (including phenoxy) is 1. The zero-order chi connectivity index (χ0) is 19.0. The van der Waals surface area contributed by atoms with Crippen LogP contribution in [0.3, 0.4) is 0 Å². The number of nitro groups is 1. The molecule has 6 heteroatoms. The first kappa shape index (κ1) is 16.7. The van der Waals surface area contributed by atoms with Crippen molar-refractivity contribution in [2.75, 3.05) is 0 Å². The molecule has 0 saturated carbocycles. The minimum absolute atomic E-state index is 0.0438. The molecule has 0 bridgehead atoms. The molecule has 3 aromatic carbocycles. The van der Waals surface area contributed by atoms with Crippen molar-refractivity contribution in [2.45, 2.75) is 6.92 Å². The van der Waals surface area contributed by atoms with E-state index in [1.165, 1.54) is 6.07 Å². The highest BCUT2D eigenvalue weighted by atomic mass is 16.6. The van der Waals surface area contributed by atoms with Crippen LogP contribution in [0.5, 0.6) is 0 Å². The van der Waals surface area contributed by atoms with Gasteiger partial charge < -0.3 is 4.74 Å². The molecule has 132 valence electrons. The molecule has 0 aromatic heterocycles. The summed E-state index contributed by atoms with van der Waals surface area (Å²) in [6.07, 6.45) is 1.67. The summed E-state index contributed by atoms with van der Waals surface area (Å²) in [6.45, 7) is 1.65. The second-order valence-corrected chi connectivity index (χ2v) is 6.16. The van der Waals surface area contributed by atoms with E-state index >= 15 is 0 Å². The fourth-order valence-electron chi connectivity index (χ4n) is 3.00. The number of aryl methyl sites for hydroxylation is 1. The molecule has 0 N–H and O–H groups in total. The van der Waals surface area contributed by atoms with Gasteiger partial charge in [0.2, 0.25) is 5.90 Å². The summed E-state index contributed by atoms with van der Waals surface area (Å²) in [5.74, 6) is -0.518. The van der Waals surface area contributed by atoms with Crippen molar-refractivity contribution in [3.63, 3.8) is 0 Å². The predicted molar refractivity (Wildman–Crippen MR) is 102 cm³/mol. The fraction of sp³-hybridized carbons (Fsp3) is 0.0476. The van der Waals surface area contributed by atoms with Gasteiger partial charge in [-0.25, -0.2) is 9.79 Å². The number of carbonyl (C=O) groups is 1. The first-order valence-electron chi connectivity index (χ1n) is 8.29. The van der Waals surface area contributed by atoms with Crippen LogP contribution in [0.15, 0.2) is 71.4 Å². The van der Waals surface area contributed by atoms with Crippen molar-refractivity contribution in [2.24, 2.45) is 4.99 Å². The van der Waals surface area contributed by atoms with Crippen LogP contribution in [0.1, 0.15) is 16.7 Å². The molecule has 1 heterocycles. The van der Waals surface area contributed by atoms with Gasteiger partial charge in [-0.1, -0.05) is 48.5 Å². The summed E-state index contributed by atoms with van der Waals surface area (Å²) in [7, 11) is 0. The summed E-state index contributed by atoms with van der Waals surface area (Å²) < 4.78 is 5.24. The van der Waals surface area contributed by atoms with Crippen molar-refractivity contribution in [3.8, 4) is 0 Å². The van der Waals surface area contributed by atoms with Crippen LogP contribution in [-0.4, -0.2) is 16.8 Å². The van der Waals surface area contributed by atoms with Gasteiger partial charge >= 0.3 is 5.97 Å². The van der Waals surface area contributed by atoms with Crippen LogP contribution < -0.4 is 0 Å². The van der Waals surface area contributed by atoms with Crippen LogP contribution in [-0.2, 0) is 9.53 Å². The molecular formula is C21H14N2O4. The Morgan fingerprint density at radius 1 is 1.07 bits per heavy atom. The smallest absolute Gasteiger partial charge is 0.363 e. The molecule has 3 aromatic rings. The predicted octanol–water partition coefficient (Wildman–Crippen LogP) is 4.40. The summed E-state index contributed by atoms with van der Waals surface area (Å²) in [6, 6.07) is 18.2. The number of nitro benzene ring substituents is 1. The third kappa shape index (κ3) is 3.08. The number of hydrogen-bond acceptors (Lipinski definition) is 5. The van der Waals surface area contributed by atoms with Crippen LogP contribution >= 0.6 is 0 Å². The minimum atomic E-state index is -0.582. The number of rotatable bonds is 3. The Hall–Kier alpha value is -3.80. The normalized spacial score (nSPS) is 15.1. The Balaban J connectivity index is 1.76. The van der Waals surface area contributed by atoms with E-state index in [0.717, 1.165) is 16.3 Å². The van der Waals surface area contributed by atoms with Gasteiger partial charge in [-0.3, -0.25) is 10.1 Å². The number of aliphatic imine (C=N–C) groups is 1. The first-order valence-corrected chi connectivity index (χ1v) is 8.29. The van der Waals surface area contributed by atoms with Crippen molar-refractivity contribution in [3.05, 3.63) is 93.2 Å². The number of fused-ring (bicyclic) bond motifs is 1. The van der Waals surface area contributed by atoms with Gasteiger partial charge in [0, 0.05) is 17.2 Å². The molecule has 4 rings (SSSR count). The van der Waals surface area contributed by atoms with E-state index in [2.05, 4.69) is 4.99 Å². The van der Waals surface area contributed by atoms with E-state index in [1.54, 1.807) is 25.1 Å². The van der Waals surface area contributed by atoms with Crippen LogP contribution in [0.4, 0.5) is 5.69 Å². The number of cyclic esters (lactones) is 1. The summed E-state index contributed by atoms with van der Waals surface area (Å²) >= 11 is 0. The summed E-state index contributed by atoms with van der Waals surface area (Å²) in [5.41, 5.74) is 1.88. The topological polar surface area (TPSA) is 81.8 Å². The standard InChI is InChI=1S/C21H14N2O4/c1-13-9-10-16(12-19(13)23(25)26)20-22-18(21(24)27-20)11-15-7-4-6-14-5-2-3-8-17(14)15/h2-12H,1H3. The third-order valence-corrected chi connectivity index (χ3v) is 4.39. The number of nitrogens with zero attached hydrogens (tertiary/aromatic N) is 2. The van der Waals surface area contributed by atoms with Crippen molar-refractivity contribution in [1.82, 2.24) is 0 Å². The van der Waals surface area contributed by atoms with Crippen LogP contribution in [0, 0.1) is 17.0 Å². The van der Waals surface area contributed by atoms with Gasteiger partial charge in [-0.2, -0.15) is 0 Å². The third-order valence-electron chi connectivity index (χ3n) is 4.39. The van der Waals surface area contributed by atoms with Gasteiger partial charge in [0.25, 0.3) is 5.69 Å². The monoisotopic (exact) mass is 358 g/mol. The fourth-order valence-corrected chi connectivity index (χ4v) is 3.00. The lowest BCUT2D eigenvalue weighted by molar-refractivity contribution is -0.385. The number of carbonyl (C=O) groups excluding carboxylic acids is 1. The lowest BCUT2D eigenvalue weighted by Crippen LogP contribution is -2.06. The zero-order valence-corrected chi connectivity index (χ0v) is 14.4. The maximum absolute atomic E-state index is 12.2. The summed E-state index contributed by atoms with van der Waals surface area (Å²) in [5, 5.41) is 13.2. The molecule has 0 spiro atoms. The second kappa shape index (κ2) is 6.49. The maximum Gasteiger partial charge on any atom is 0.363 e. The maximum atomic E-state index is 12.2. The number of esters is 1. The lowest BCUT2D eigenvalue weighted by Gasteiger charge is -2.01. The Morgan fingerprint density at radius 2 is 1.85 bits per heavy atom. The first-order chi connectivity index (χ1) is 13.0. The van der Waals surface area contributed by atoms with Gasteiger partial charge in [0.1, 0.15) is 0 Å². The average Bonchev–Trinajstić information content (AvgIpc) is 3.03. The molecule has 27 heavy (non-hydrogen) atoms. The second-order valence-electron chi connectivity index (χ2n) is 6.16. The van der Waals surface area contributed by atoms with Gasteiger partial charge in [0.15, 0.2) is 5.70 Å². The minimum Gasteiger partial charge on any atom is -0.402 e.